The van der Waals surface area contributed by atoms with Crippen LogP contribution < -0.4 is 4.74 Å². The van der Waals surface area contributed by atoms with Gasteiger partial charge in [0.2, 0.25) is 0 Å². The summed E-state index contributed by atoms with van der Waals surface area (Å²) in [6.45, 7) is 1.28. The summed E-state index contributed by atoms with van der Waals surface area (Å²) < 4.78 is 45.3. The van der Waals surface area contributed by atoms with Gasteiger partial charge in [-0.25, -0.2) is 4.79 Å². The number of hydrogen-bond donors (Lipinski definition) is 0. The monoisotopic (exact) mass is 337 g/mol. The number of ether oxygens (including phenoxy) is 2. The molecule has 1 aromatic rings. The summed E-state index contributed by atoms with van der Waals surface area (Å²) in [6, 6.07) is 3.75. The number of carbonyl (C=O) groups excluding carboxylic acids is 1. The van der Waals surface area contributed by atoms with Gasteiger partial charge in [0.25, 0.3) is 0 Å². The maximum absolute atomic E-state index is 12.1. The van der Waals surface area contributed by atoms with Crippen LogP contribution in [-0.4, -0.2) is 30.4 Å². The lowest BCUT2D eigenvalue weighted by atomic mass is 10.1. The van der Waals surface area contributed by atoms with Gasteiger partial charge in [0.15, 0.2) is 0 Å². The minimum atomic E-state index is -4.80. The highest BCUT2D eigenvalue weighted by Gasteiger charge is 2.32. The molecule has 0 radical (unpaired) electrons. The van der Waals surface area contributed by atoms with Crippen LogP contribution in [0.15, 0.2) is 18.2 Å². The summed E-state index contributed by atoms with van der Waals surface area (Å²) in [4.78, 5) is 13.4. The van der Waals surface area contributed by atoms with Gasteiger partial charge >= 0.3 is 12.5 Å². The van der Waals surface area contributed by atoms with Gasteiger partial charge in [-0.15, -0.1) is 13.2 Å². The zero-order valence-corrected chi connectivity index (χ0v) is 12.4. The van der Waals surface area contributed by atoms with Crippen molar-refractivity contribution in [3.63, 3.8) is 0 Å². The Bertz CT molecular complexity index is 531. The fourth-order valence-electron chi connectivity index (χ4n) is 2.15. The molecule has 0 atom stereocenters. The lowest BCUT2D eigenvalue weighted by Crippen LogP contribution is -2.35. The second kappa shape index (κ2) is 7.09. The van der Waals surface area contributed by atoms with Crippen LogP contribution in [0.3, 0.4) is 0 Å². The molecule has 1 aliphatic rings. The van der Waals surface area contributed by atoms with Crippen molar-refractivity contribution in [3.05, 3.63) is 28.8 Å². The summed E-state index contributed by atoms with van der Waals surface area (Å²) >= 11 is 5.72. The van der Waals surface area contributed by atoms with Crippen molar-refractivity contribution < 1.29 is 27.4 Å². The highest BCUT2D eigenvalue weighted by atomic mass is 35.5. The van der Waals surface area contributed by atoms with E-state index in [1.165, 1.54) is 12.1 Å². The first kappa shape index (κ1) is 16.7. The molecule has 1 aromatic carbocycles. The number of likely N-dealkylation sites (tertiary alicyclic amines) is 1. The molecule has 122 valence electrons. The molecule has 1 saturated heterocycles. The molecule has 0 bridgehead atoms. The van der Waals surface area contributed by atoms with Crippen LogP contribution in [0.1, 0.15) is 24.8 Å². The number of benzene rings is 1. The molecule has 1 fully saturated rings. The Morgan fingerprint density at radius 3 is 2.50 bits per heavy atom. The van der Waals surface area contributed by atoms with Crippen molar-refractivity contribution in [1.82, 2.24) is 4.90 Å². The maximum Gasteiger partial charge on any atom is 0.573 e. The van der Waals surface area contributed by atoms with Crippen molar-refractivity contribution >= 4 is 17.7 Å². The van der Waals surface area contributed by atoms with E-state index in [-0.39, 0.29) is 11.6 Å². The lowest BCUT2D eigenvalue weighted by molar-refractivity contribution is -0.274. The molecular weight excluding hydrogens is 323 g/mol. The first-order valence-corrected chi connectivity index (χ1v) is 7.19. The number of piperidine rings is 1. The van der Waals surface area contributed by atoms with E-state index in [1.54, 1.807) is 4.90 Å². The van der Waals surface area contributed by atoms with E-state index in [4.69, 9.17) is 16.3 Å². The van der Waals surface area contributed by atoms with E-state index < -0.39 is 18.2 Å². The standard InChI is InChI=1S/C14H15ClF3NO3/c15-11-8-10(4-5-12(11)22-14(16,17)18)9-21-13(20)19-6-2-1-3-7-19/h4-5,8H,1-3,6-7,9H2. The second-order valence-corrected chi connectivity index (χ2v) is 5.32. The second-order valence-electron chi connectivity index (χ2n) is 4.91. The van der Waals surface area contributed by atoms with Gasteiger partial charge < -0.3 is 14.4 Å². The van der Waals surface area contributed by atoms with Gasteiger partial charge in [-0.3, -0.25) is 0 Å². The molecule has 1 aliphatic heterocycles. The Labute approximate surface area is 130 Å². The Hall–Kier alpha value is -1.63. The van der Waals surface area contributed by atoms with Crippen LogP contribution in [0.25, 0.3) is 0 Å². The molecule has 22 heavy (non-hydrogen) atoms. The van der Waals surface area contributed by atoms with E-state index in [1.807, 2.05) is 0 Å². The number of halogens is 4. The van der Waals surface area contributed by atoms with Crippen LogP contribution in [0, 0.1) is 0 Å². The van der Waals surface area contributed by atoms with Crippen molar-refractivity contribution in [2.24, 2.45) is 0 Å². The van der Waals surface area contributed by atoms with Gasteiger partial charge in [-0.05, 0) is 37.0 Å². The topological polar surface area (TPSA) is 38.8 Å². The molecule has 0 aliphatic carbocycles. The third-order valence-corrected chi connectivity index (χ3v) is 3.49. The molecule has 1 heterocycles. The predicted molar refractivity (Wildman–Crippen MR) is 73.7 cm³/mol. The van der Waals surface area contributed by atoms with Crippen molar-refractivity contribution in [3.8, 4) is 5.75 Å². The number of alkyl halides is 3. The summed E-state index contributed by atoms with van der Waals surface area (Å²) in [5.74, 6) is -0.486. The van der Waals surface area contributed by atoms with Crippen LogP contribution in [0.2, 0.25) is 5.02 Å². The van der Waals surface area contributed by atoms with E-state index >= 15 is 0 Å². The largest absolute Gasteiger partial charge is 0.573 e. The maximum atomic E-state index is 12.1. The average molecular weight is 338 g/mol. The smallest absolute Gasteiger partial charge is 0.445 e. The quantitative estimate of drug-likeness (QED) is 0.822. The number of rotatable bonds is 3. The van der Waals surface area contributed by atoms with E-state index in [0.717, 1.165) is 25.3 Å². The van der Waals surface area contributed by atoms with E-state index in [2.05, 4.69) is 4.74 Å². The Morgan fingerprint density at radius 2 is 1.91 bits per heavy atom. The molecule has 0 N–H and O–H groups in total. The van der Waals surface area contributed by atoms with E-state index in [0.29, 0.717) is 18.7 Å². The molecule has 1 amide bonds. The highest BCUT2D eigenvalue weighted by molar-refractivity contribution is 6.32. The molecule has 0 spiro atoms. The summed E-state index contributed by atoms with van der Waals surface area (Å²) in [7, 11) is 0. The zero-order chi connectivity index (χ0) is 16.2. The lowest BCUT2D eigenvalue weighted by Gasteiger charge is -2.25. The molecule has 0 saturated carbocycles. The van der Waals surface area contributed by atoms with Gasteiger partial charge in [0.1, 0.15) is 12.4 Å². The highest BCUT2D eigenvalue weighted by Crippen LogP contribution is 2.30. The molecule has 4 nitrogen and oxygen atoms in total. The van der Waals surface area contributed by atoms with Crippen LogP contribution in [0.5, 0.6) is 5.75 Å². The van der Waals surface area contributed by atoms with Crippen LogP contribution >= 0.6 is 11.6 Å². The SMILES string of the molecule is O=C(OCc1ccc(OC(F)(F)F)c(Cl)c1)N1CCCCC1. The first-order chi connectivity index (χ1) is 10.3. The minimum absolute atomic E-state index is 0.0542. The van der Waals surface area contributed by atoms with Gasteiger partial charge in [-0.1, -0.05) is 17.7 Å². The zero-order valence-electron chi connectivity index (χ0n) is 11.7. The van der Waals surface area contributed by atoms with Crippen LogP contribution in [-0.2, 0) is 11.3 Å². The van der Waals surface area contributed by atoms with Crippen LogP contribution in [0.4, 0.5) is 18.0 Å². The molecular formula is C14H15ClF3NO3. The summed E-state index contributed by atoms with van der Waals surface area (Å²) in [5.41, 5.74) is 0.491. The van der Waals surface area contributed by atoms with Crippen molar-refractivity contribution in [1.29, 1.82) is 0 Å². The Kier molecular flexibility index (Phi) is 5.39. The Morgan fingerprint density at radius 1 is 1.23 bits per heavy atom. The number of carbonyl (C=O) groups is 1. The number of hydrogen-bond acceptors (Lipinski definition) is 3. The normalized spacial score (nSPS) is 15.5. The number of amides is 1. The molecule has 2 rings (SSSR count). The minimum Gasteiger partial charge on any atom is -0.445 e. The van der Waals surface area contributed by atoms with Crippen molar-refractivity contribution in [2.75, 3.05) is 13.1 Å². The first-order valence-electron chi connectivity index (χ1n) is 6.81. The average Bonchev–Trinajstić information content (AvgIpc) is 2.47. The van der Waals surface area contributed by atoms with E-state index in [9.17, 15) is 18.0 Å². The number of nitrogens with zero attached hydrogens (tertiary/aromatic N) is 1. The fraction of sp³-hybridized carbons (Fsp3) is 0.500. The van der Waals surface area contributed by atoms with Gasteiger partial charge in [-0.2, -0.15) is 0 Å². The predicted octanol–water partition coefficient (Wildman–Crippen LogP) is 4.36. The third-order valence-electron chi connectivity index (χ3n) is 3.20. The molecule has 8 heteroatoms. The van der Waals surface area contributed by atoms with Gasteiger partial charge in [0, 0.05) is 13.1 Å². The third kappa shape index (κ3) is 4.98. The fourth-order valence-corrected chi connectivity index (χ4v) is 2.40. The summed E-state index contributed by atoms with van der Waals surface area (Å²) in [5, 5.41) is -0.191. The Balaban J connectivity index is 1.90. The summed E-state index contributed by atoms with van der Waals surface area (Å²) in [6.07, 6.45) is -2.23. The van der Waals surface area contributed by atoms with Crippen molar-refractivity contribution in [2.45, 2.75) is 32.2 Å². The molecule has 0 aromatic heterocycles. The van der Waals surface area contributed by atoms with Gasteiger partial charge in [0.05, 0.1) is 5.02 Å². The molecule has 0 unspecified atom stereocenters.